The number of benzene rings is 1. The minimum Gasteiger partial charge on any atom is -0.493 e. The summed E-state index contributed by atoms with van der Waals surface area (Å²) >= 11 is 3.44. The molecule has 1 unspecified atom stereocenters. The van der Waals surface area contributed by atoms with Crippen molar-refractivity contribution in [3.05, 3.63) is 22.2 Å². The second kappa shape index (κ2) is 6.95. The molecule has 2 rings (SSSR count). The first kappa shape index (κ1) is 15.1. The summed E-state index contributed by atoms with van der Waals surface area (Å²) in [4.78, 5) is 12.0. The molecule has 1 atom stereocenters. The lowest BCUT2D eigenvalue weighted by atomic mass is 10.1. The second-order valence-electron chi connectivity index (χ2n) is 4.72. The molecule has 1 aromatic carbocycles. The molecule has 0 bridgehead atoms. The highest BCUT2D eigenvalue weighted by Crippen LogP contribution is 2.36. The average molecular weight is 343 g/mol. The summed E-state index contributed by atoms with van der Waals surface area (Å²) in [6.07, 6.45) is 0.904. The summed E-state index contributed by atoms with van der Waals surface area (Å²) < 4.78 is 11.4. The van der Waals surface area contributed by atoms with Gasteiger partial charge >= 0.3 is 0 Å². The zero-order chi connectivity index (χ0) is 14.5. The molecule has 1 amide bonds. The predicted octanol–water partition coefficient (Wildman–Crippen LogP) is 1.69. The topological polar surface area (TPSA) is 59.6 Å². The van der Waals surface area contributed by atoms with E-state index in [-0.39, 0.29) is 11.8 Å². The standard InChI is InChI=1S/C14H19BrN2O3/c1-19-12-6-9(5-11(15)13(12)20-2)7-17-14(18)10-3-4-16-8-10/h5-6,10,16H,3-4,7-8H2,1-2H3,(H,17,18). The number of halogens is 1. The molecule has 2 N–H and O–H groups in total. The maximum Gasteiger partial charge on any atom is 0.224 e. The molecule has 6 heteroatoms. The van der Waals surface area contributed by atoms with Gasteiger partial charge in [0.1, 0.15) is 0 Å². The number of methoxy groups -OCH3 is 2. The average Bonchev–Trinajstić information content (AvgIpc) is 2.98. The van der Waals surface area contributed by atoms with Crippen molar-refractivity contribution in [2.75, 3.05) is 27.3 Å². The number of carbonyl (C=O) groups excluding carboxylic acids is 1. The molecule has 1 aliphatic rings. The van der Waals surface area contributed by atoms with Crippen LogP contribution in [-0.4, -0.2) is 33.2 Å². The number of ether oxygens (including phenoxy) is 2. The predicted molar refractivity (Wildman–Crippen MR) is 80.1 cm³/mol. The Hall–Kier alpha value is -1.27. The molecule has 1 saturated heterocycles. The van der Waals surface area contributed by atoms with Crippen LogP contribution in [-0.2, 0) is 11.3 Å². The van der Waals surface area contributed by atoms with Crippen molar-refractivity contribution in [1.29, 1.82) is 0 Å². The number of carbonyl (C=O) groups is 1. The van der Waals surface area contributed by atoms with E-state index in [2.05, 4.69) is 26.6 Å². The fraction of sp³-hybridized carbons (Fsp3) is 0.500. The zero-order valence-corrected chi connectivity index (χ0v) is 13.2. The number of rotatable bonds is 5. The van der Waals surface area contributed by atoms with Crippen LogP contribution >= 0.6 is 15.9 Å². The third kappa shape index (κ3) is 3.43. The van der Waals surface area contributed by atoms with Crippen LogP contribution in [0.3, 0.4) is 0 Å². The lowest BCUT2D eigenvalue weighted by molar-refractivity contribution is -0.124. The Balaban J connectivity index is 2.02. The first-order valence-electron chi connectivity index (χ1n) is 6.54. The summed E-state index contributed by atoms with van der Waals surface area (Å²) in [5, 5.41) is 6.15. The van der Waals surface area contributed by atoms with Crippen LogP contribution in [0.15, 0.2) is 16.6 Å². The fourth-order valence-corrected chi connectivity index (χ4v) is 2.94. The highest BCUT2D eigenvalue weighted by atomic mass is 79.9. The van der Waals surface area contributed by atoms with Gasteiger partial charge in [-0.3, -0.25) is 4.79 Å². The molecule has 0 spiro atoms. The summed E-state index contributed by atoms with van der Waals surface area (Å²) in [6.45, 7) is 2.16. The Morgan fingerprint density at radius 3 is 2.85 bits per heavy atom. The Morgan fingerprint density at radius 1 is 1.45 bits per heavy atom. The molecule has 1 aromatic rings. The second-order valence-corrected chi connectivity index (χ2v) is 5.58. The van der Waals surface area contributed by atoms with E-state index in [1.54, 1.807) is 14.2 Å². The summed E-state index contributed by atoms with van der Waals surface area (Å²) in [5.41, 5.74) is 0.967. The molecule has 20 heavy (non-hydrogen) atoms. The smallest absolute Gasteiger partial charge is 0.224 e. The van der Waals surface area contributed by atoms with Crippen molar-refractivity contribution >= 4 is 21.8 Å². The van der Waals surface area contributed by atoms with Gasteiger partial charge in [0.05, 0.1) is 24.6 Å². The van der Waals surface area contributed by atoms with Crippen LogP contribution in [0.1, 0.15) is 12.0 Å². The Morgan fingerprint density at radius 2 is 2.25 bits per heavy atom. The highest BCUT2D eigenvalue weighted by molar-refractivity contribution is 9.10. The van der Waals surface area contributed by atoms with Crippen LogP contribution in [0.2, 0.25) is 0 Å². The normalized spacial score (nSPS) is 17.9. The lowest BCUT2D eigenvalue weighted by Crippen LogP contribution is -2.31. The molecule has 5 nitrogen and oxygen atoms in total. The first-order valence-corrected chi connectivity index (χ1v) is 7.33. The first-order chi connectivity index (χ1) is 9.65. The fourth-order valence-electron chi connectivity index (χ4n) is 2.29. The number of hydrogen-bond acceptors (Lipinski definition) is 4. The van der Waals surface area contributed by atoms with Gasteiger partial charge in [-0.05, 0) is 46.6 Å². The molecule has 0 aromatic heterocycles. The Labute approximate surface area is 127 Å². The van der Waals surface area contributed by atoms with Crippen molar-refractivity contribution in [3.63, 3.8) is 0 Å². The van der Waals surface area contributed by atoms with Gasteiger partial charge in [-0.2, -0.15) is 0 Å². The molecule has 110 valence electrons. The molecule has 1 aliphatic heterocycles. The van der Waals surface area contributed by atoms with Gasteiger partial charge in [0, 0.05) is 13.1 Å². The van der Waals surface area contributed by atoms with Gasteiger partial charge in [0.25, 0.3) is 0 Å². The van der Waals surface area contributed by atoms with Gasteiger partial charge < -0.3 is 20.1 Å². The third-order valence-corrected chi connectivity index (χ3v) is 3.98. The Kier molecular flexibility index (Phi) is 5.25. The van der Waals surface area contributed by atoms with E-state index >= 15 is 0 Å². The minimum atomic E-state index is 0.0820. The van der Waals surface area contributed by atoms with Gasteiger partial charge in [0.2, 0.25) is 5.91 Å². The van der Waals surface area contributed by atoms with Crippen LogP contribution in [0.5, 0.6) is 11.5 Å². The Bertz CT molecular complexity index is 488. The molecule has 0 aliphatic carbocycles. The van der Waals surface area contributed by atoms with Gasteiger partial charge in [-0.15, -0.1) is 0 Å². The van der Waals surface area contributed by atoms with Crippen LogP contribution in [0.4, 0.5) is 0 Å². The van der Waals surface area contributed by atoms with E-state index in [0.717, 1.165) is 29.5 Å². The van der Waals surface area contributed by atoms with Crippen molar-refractivity contribution in [2.45, 2.75) is 13.0 Å². The molecular formula is C14H19BrN2O3. The van der Waals surface area contributed by atoms with E-state index < -0.39 is 0 Å². The minimum absolute atomic E-state index is 0.0820. The monoisotopic (exact) mass is 342 g/mol. The SMILES string of the molecule is COc1cc(CNC(=O)C2CCNC2)cc(Br)c1OC. The van der Waals surface area contributed by atoms with Crippen molar-refractivity contribution < 1.29 is 14.3 Å². The summed E-state index contributed by atoms with van der Waals surface area (Å²) in [7, 11) is 3.19. The number of amides is 1. The van der Waals surface area contributed by atoms with Crippen LogP contribution in [0.25, 0.3) is 0 Å². The van der Waals surface area contributed by atoms with Crippen LogP contribution in [0, 0.1) is 5.92 Å². The maximum absolute atomic E-state index is 12.0. The molecule has 0 saturated carbocycles. The van der Waals surface area contributed by atoms with E-state index in [1.165, 1.54) is 0 Å². The van der Waals surface area contributed by atoms with Gasteiger partial charge in [-0.25, -0.2) is 0 Å². The number of nitrogens with one attached hydrogen (secondary N) is 2. The van der Waals surface area contributed by atoms with E-state index in [0.29, 0.717) is 18.0 Å². The van der Waals surface area contributed by atoms with Crippen LogP contribution < -0.4 is 20.1 Å². The van der Waals surface area contributed by atoms with Gasteiger partial charge in [-0.1, -0.05) is 0 Å². The summed E-state index contributed by atoms with van der Waals surface area (Å²) in [5.74, 6) is 1.48. The highest BCUT2D eigenvalue weighted by Gasteiger charge is 2.22. The molecule has 1 fully saturated rings. The van der Waals surface area contributed by atoms with E-state index in [9.17, 15) is 4.79 Å². The maximum atomic E-state index is 12.0. The third-order valence-electron chi connectivity index (χ3n) is 3.39. The summed E-state index contributed by atoms with van der Waals surface area (Å²) in [6, 6.07) is 3.80. The van der Waals surface area contributed by atoms with Crippen molar-refractivity contribution in [1.82, 2.24) is 10.6 Å². The molecule has 1 heterocycles. The van der Waals surface area contributed by atoms with Crippen molar-refractivity contribution in [3.8, 4) is 11.5 Å². The van der Waals surface area contributed by atoms with E-state index in [4.69, 9.17) is 9.47 Å². The lowest BCUT2D eigenvalue weighted by Gasteiger charge is -2.13. The van der Waals surface area contributed by atoms with Crippen molar-refractivity contribution in [2.24, 2.45) is 5.92 Å². The quantitative estimate of drug-likeness (QED) is 0.854. The van der Waals surface area contributed by atoms with Gasteiger partial charge in [0.15, 0.2) is 11.5 Å². The number of hydrogen-bond donors (Lipinski definition) is 2. The molecule has 0 radical (unpaired) electrons. The zero-order valence-electron chi connectivity index (χ0n) is 11.7. The largest absolute Gasteiger partial charge is 0.493 e. The van der Waals surface area contributed by atoms with E-state index in [1.807, 2.05) is 12.1 Å². The molecular weight excluding hydrogens is 324 g/mol.